The summed E-state index contributed by atoms with van der Waals surface area (Å²) >= 11 is 5.71. The molecule has 1 N–H and O–H groups in total. The van der Waals surface area contributed by atoms with Crippen molar-refractivity contribution < 1.29 is 13.3 Å². The molecule has 2 saturated carbocycles. The molecule has 1 aromatic rings. The fraction of sp³-hybridized carbons (Fsp3) is 0.538. The summed E-state index contributed by atoms with van der Waals surface area (Å²) in [7, 11) is -3.75. The molecule has 6 nitrogen and oxygen atoms in total. The molecule has 1 aromatic carbocycles. The van der Waals surface area contributed by atoms with Crippen LogP contribution in [-0.2, 0) is 10.0 Å². The van der Waals surface area contributed by atoms with Crippen LogP contribution in [0.15, 0.2) is 23.1 Å². The highest BCUT2D eigenvalue weighted by Crippen LogP contribution is 2.44. The molecule has 0 aliphatic heterocycles. The number of nitro groups is 1. The lowest BCUT2D eigenvalue weighted by Gasteiger charge is -2.22. The van der Waals surface area contributed by atoms with Crippen LogP contribution in [0.25, 0.3) is 0 Å². The molecular weight excluding hydrogens is 316 g/mol. The van der Waals surface area contributed by atoms with Crippen molar-refractivity contribution in [2.75, 3.05) is 0 Å². The Labute approximate surface area is 127 Å². The minimum Gasteiger partial charge on any atom is -0.258 e. The SMILES string of the molecule is O=[N+]([O-])c1cc(S(=O)(=O)NC2CC3CCC2C3)ccc1Cl. The van der Waals surface area contributed by atoms with Crippen LogP contribution in [0.4, 0.5) is 5.69 Å². The number of fused-ring (bicyclic) bond motifs is 2. The first-order chi connectivity index (χ1) is 9.87. The van der Waals surface area contributed by atoms with Crippen LogP contribution >= 0.6 is 11.6 Å². The number of hydrogen-bond donors (Lipinski definition) is 1. The molecule has 0 aromatic heterocycles. The van der Waals surface area contributed by atoms with Crippen LogP contribution in [0.2, 0.25) is 5.02 Å². The van der Waals surface area contributed by atoms with Gasteiger partial charge >= 0.3 is 0 Å². The van der Waals surface area contributed by atoms with E-state index in [4.69, 9.17) is 11.6 Å². The van der Waals surface area contributed by atoms with Crippen LogP contribution in [0.5, 0.6) is 0 Å². The summed E-state index contributed by atoms with van der Waals surface area (Å²) in [6, 6.07) is 3.50. The second-order valence-electron chi connectivity index (χ2n) is 5.77. The highest BCUT2D eigenvalue weighted by molar-refractivity contribution is 7.89. The van der Waals surface area contributed by atoms with Crippen molar-refractivity contribution >= 4 is 27.3 Å². The van der Waals surface area contributed by atoms with Gasteiger partial charge in [0.1, 0.15) is 5.02 Å². The Balaban J connectivity index is 1.85. The lowest BCUT2D eigenvalue weighted by atomic mass is 9.96. The zero-order valence-corrected chi connectivity index (χ0v) is 12.7. The van der Waals surface area contributed by atoms with E-state index < -0.39 is 20.6 Å². The number of halogens is 1. The molecule has 8 heteroatoms. The van der Waals surface area contributed by atoms with Gasteiger partial charge in [-0.25, -0.2) is 13.1 Å². The third kappa shape index (κ3) is 2.77. The van der Waals surface area contributed by atoms with E-state index in [0.717, 1.165) is 25.3 Å². The standard InChI is InChI=1S/C13H15ClN2O4S/c14-11-4-3-10(7-13(11)16(17)18)21(19,20)15-12-6-8-1-2-9(12)5-8/h3-4,7-9,12,15H,1-2,5-6H2. The van der Waals surface area contributed by atoms with Crippen molar-refractivity contribution in [3.8, 4) is 0 Å². The summed E-state index contributed by atoms with van der Waals surface area (Å²) in [5, 5.41) is 10.8. The maximum atomic E-state index is 12.4. The molecule has 0 heterocycles. The van der Waals surface area contributed by atoms with E-state index in [1.54, 1.807) is 0 Å². The van der Waals surface area contributed by atoms with Crippen molar-refractivity contribution in [2.24, 2.45) is 11.8 Å². The normalized spacial score (nSPS) is 28.0. The molecule has 21 heavy (non-hydrogen) atoms. The molecule has 0 amide bonds. The van der Waals surface area contributed by atoms with Crippen LogP contribution in [0.1, 0.15) is 25.7 Å². The fourth-order valence-electron chi connectivity index (χ4n) is 3.46. The van der Waals surface area contributed by atoms with Gasteiger partial charge in [-0.3, -0.25) is 10.1 Å². The molecule has 3 unspecified atom stereocenters. The molecular formula is C13H15ClN2O4S. The van der Waals surface area contributed by atoms with Gasteiger partial charge in [0.15, 0.2) is 0 Å². The van der Waals surface area contributed by atoms with Gasteiger partial charge in [0, 0.05) is 12.1 Å². The highest BCUT2D eigenvalue weighted by atomic mass is 35.5. The summed E-state index contributed by atoms with van der Waals surface area (Å²) in [4.78, 5) is 10.1. The van der Waals surface area contributed by atoms with Gasteiger partial charge in [0.25, 0.3) is 5.69 Å². The van der Waals surface area contributed by atoms with Gasteiger partial charge in [-0.2, -0.15) is 0 Å². The van der Waals surface area contributed by atoms with E-state index in [1.165, 1.54) is 18.6 Å². The molecule has 114 valence electrons. The van der Waals surface area contributed by atoms with Crippen LogP contribution in [0, 0.1) is 22.0 Å². The predicted molar refractivity (Wildman–Crippen MR) is 77.7 cm³/mol. The van der Waals surface area contributed by atoms with Crippen LogP contribution in [0.3, 0.4) is 0 Å². The van der Waals surface area contributed by atoms with Crippen LogP contribution in [-0.4, -0.2) is 19.4 Å². The zero-order chi connectivity index (χ0) is 15.2. The quantitative estimate of drug-likeness (QED) is 0.679. The number of rotatable bonds is 4. The third-order valence-corrected chi connectivity index (χ3v) is 6.28. The smallest absolute Gasteiger partial charge is 0.258 e. The summed E-state index contributed by atoms with van der Waals surface area (Å²) in [5.74, 6) is 1.01. The monoisotopic (exact) mass is 330 g/mol. The number of nitro benzene ring substituents is 1. The van der Waals surface area contributed by atoms with Crippen molar-refractivity contribution in [1.82, 2.24) is 4.72 Å². The van der Waals surface area contributed by atoms with Gasteiger partial charge in [-0.1, -0.05) is 18.0 Å². The maximum Gasteiger partial charge on any atom is 0.289 e. The average Bonchev–Trinajstić information content (AvgIpc) is 3.00. The first kappa shape index (κ1) is 14.7. The number of sulfonamides is 1. The lowest BCUT2D eigenvalue weighted by molar-refractivity contribution is -0.384. The summed E-state index contributed by atoms with van der Waals surface area (Å²) in [5.41, 5.74) is -0.396. The maximum absolute atomic E-state index is 12.4. The van der Waals surface area contributed by atoms with E-state index in [1.807, 2.05) is 0 Å². The number of hydrogen-bond acceptors (Lipinski definition) is 4. The van der Waals surface area contributed by atoms with Crippen molar-refractivity contribution in [3.63, 3.8) is 0 Å². The van der Waals surface area contributed by atoms with Crippen LogP contribution < -0.4 is 4.72 Å². The van der Waals surface area contributed by atoms with Gasteiger partial charge in [-0.15, -0.1) is 0 Å². The number of benzene rings is 1. The van der Waals surface area contributed by atoms with Crippen molar-refractivity contribution in [1.29, 1.82) is 0 Å². The zero-order valence-electron chi connectivity index (χ0n) is 11.2. The molecule has 0 spiro atoms. The highest BCUT2D eigenvalue weighted by Gasteiger charge is 2.41. The topological polar surface area (TPSA) is 89.3 Å². The summed E-state index contributed by atoms with van der Waals surface area (Å²) in [6.07, 6.45) is 4.17. The number of nitrogens with zero attached hydrogens (tertiary/aromatic N) is 1. The van der Waals surface area contributed by atoms with E-state index in [9.17, 15) is 18.5 Å². The average molecular weight is 331 g/mol. The second kappa shape index (κ2) is 5.23. The Morgan fingerprint density at radius 1 is 1.29 bits per heavy atom. The lowest BCUT2D eigenvalue weighted by Crippen LogP contribution is -2.38. The summed E-state index contributed by atoms with van der Waals surface area (Å²) < 4.78 is 27.4. The largest absolute Gasteiger partial charge is 0.289 e. The second-order valence-corrected chi connectivity index (χ2v) is 7.89. The Kier molecular flexibility index (Phi) is 3.67. The van der Waals surface area contributed by atoms with Gasteiger partial charge in [0.05, 0.1) is 9.82 Å². The predicted octanol–water partition coefficient (Wildman–Crippen LogP) is 2.72. The van der Waals surface area contributed by atoms with Gasteiger partial charge < -0.3 is 0 Å². The molecule has 2 aliphatic carbocycles. The first-order valence-electron chi connectivity index (χ1n) is 6.83. The van der Waals surface area contributed by atoms with Crippen molar-refractivity contribution in [3.05, 3.63) is 33.3 Å². The fourth-order valence-corrected chi connectivity index (χ4v) is 4.98. The van der Waals surface area contributed by atoms with Gasteiger partial charge in [-0.05, 0) is 43.2 Å². The van der Waals surface area contributed by atoms with E-state index >= 15 is 0 Å². The third-order valence-electron chi connectivity index (χ3n) is 4.47. The van der Waals surface area contributed by atoms with E-state index in [0.29, 0.717) is 11.8 Å². The number of nitrogens with one attached hydrogen (secondary N) is 1. The molecule has 2 aliphatic rings. The van der Waals surface area contributed by atoms with Gasteiger partial charge in [0.2, 0.25) is 10.0 Å². The Morgan fingerprint density at radius 3 is 2.62 bits per heavy atom. The Morgan fingerprint density at radius 2 is 2.05 bits per heavy atom. The van der Waals surface area contributed by atoms with Crippen molar-refractivity contribution in [2.45, 2.75) is 36.6 Å². The van der Waals surface area contributed by atoms with E-state index in [-0.39, 0.29) is 16.0 Å². The molecule has 2 bridgehead atoms. The minimum absolute atomic E-state index is 0.0523. The Bertz CT molecular complexity index is 691. The molecule has 0 radical (unpaired) electrons. The molecule has 2 fully saturated rings. The Hall–Kier alpha value is -1.18. The molecule has 0 saturated heterocycles. The first-order valence-corrected chi connectivity index (χ1v) is 8.69. The van der Waals surface area contributed by atoms with E-state index in [2.05, 4.69) is 4.72 Å². The molecule has 3 atom stereocenters. The molecule has 3 rings (SSSR count). The minimum atomic E-state index is -3.75. The summed E-state index contributed by atoms with van der Waals surface area (Å²) in [6.45, 7) is 0.